The minimum atomic E-state index is -1.82. The summed E-state index contributed by atoms with van der Waals surface area (Å²) < 4.78 is 13.2. The van der Waals surface area contributed by atoms with Gasteiger partial charge >= 0.3 is 6.09 Å². The standard InChI is InChI=1S/C20H33N5O3Si/c1-19(2,3)28-18(26)23-11-15-9-21-17(22-10-15)25-12-16(24-14-25)13-27-29(7,8)20(4,5)6/h9-10,12,14H,11,13H2,1-8H3,(H,23,26). The van der Waals surface area contributed by atoms with Gasteiger partial charge in [0.05, 0.1) is 12.3 Å². The van der Waals surface area contributed by atoms with Gasteiger partial charge in [-0.2, -0.15) is 0 Å². The number of aromatic nitrogens is 4. The van der Waals surface area contributed by atoms with Crippen LogP contribution in [0.1, 0.15) is 52.8 Å². The van der Waals surface area contributed by atoms with Gasteiger partial charge in [-0.1, -0.05) is 20.8 Å². The highest BCUT2D eigenvalue weighted by Gasteiger charge is 2.37. The van der Waals surface area contributed by atoms with Gasteiger partial charge in [-0.05, 0) is 38.9 Å². The molecule has 1 N–H and O–H groups in total. The molecule has 0 aliphatic rings. The number of carbonyl (C=O) groups excluding carboxylic acids is 1. The molecule has 160 valence electrons. The molecular weight excluding hydrogens is 386 g/mol. The van der Waals surface area contributed by atoms with Crippen LogP contribution in [0.5, 0.6) is 0 Å². The summed E-state index contributed by atoms with van der Waals surface area (Å²) in [5, 5.41) is 2.84. The van der Waals surface area contributed by atoms with Crippen molar-refractivity contribution >= 4 is 14.4 Å². The Bertz CT molecular complexity index is 820. The van der Waals surface area contributed by atoms with E-state index in [0.717, 1.165) is 11.3 Å². The summed E-state index contributed by atoms with van der Waals surface area (Å²) in [6.45, 7) is 17.3. The lowest BCUT2D eigenvalue weighted by Crippen LogP contribution is -2.40. The molecule has 9 heteroatoms. The highest BCUT2D eigenvalue weighted by molar-refractivity contribution is 6.74. The van der Waals surface area contributed by atoms with E-state index in [0.29, 0.717) is 19.1 Å². The number of alkyl carbamates (subject to hydrolysis) is 1. The molecule has 2 rings (SSSR count). The van der Waals surface area contributed by atoms with Crippen molar-refractivity contribution in [1.82, 2.24) is 24.8 Å². The Morgan fingerprint density at radius 2 is 1.72 bits per heavy atom. The molecule has 0 spiro atoms. The molecule has 2 heterocycles. The topological polar surface area (TPSA) is 91.2 Å². The SMILES string of the molecule is CC(C)(C)OC(=O)NCc1cnc(-n2cnc(CO[Si](C)(C)C(C)(C)C)c2)nc1. The smallest absolute Gasteiger partial charge is 0.407 e. The molecule has 2 aromatic heterocycles. The largest absolute Gasteiger partial charge is 0.444 e. The van der Waals surface area contributed by atoms with E-state index >= 15 is 0 Å². The molecule has 2 aromatic rings. The molecule has 0 fully saturated rings. The highest BCUT2D eigenvalue weighted by Crippen LogP contribution is 2.36. The van der Waals surface area contributed by atoms with Crippen LogP contribution in [0.3, 0.4) is 0 Å². The first-order chi connectivity index (χ1) is 13.3. The number of rotatable bonds is 6. The average Bonchev–Trinajstić information content (AvgIpc) is 3.05. The van der Waals surface area contributed by atoms with E-state index < -0.39 is 20.0 Å². The van der Waals surface area contributed by atoms with Crippen molar-refractivity contribution in [3.8, 4) is 5.95 Å². The number of amides is 1. The first-order valence-corrected chi connectivity index (χ1v) is 12.6. The Balaban J connectivity index is 1.93. The lowest BCUT2D eigenvalue weighted by Gasteiger charge is -2.35. The van der Waals surface area contributed by atoms with Crippen molar-refractivity contribution in [3.63, 3.8) is 0 Å². The van der Waals surface area contributed by atoms with Crippen LogP contribution in [-0.4, -0.2) is 39.5 Å². The van der Waals surface area contributed by atoms with Crippen LogP contribution in [0, 0.1) is 0 Å². The van der Waals surface area contributed by atoms with Crippen molar-refractivity contribution in [3.05, 3.63) is 36.2 Å². The number of ether oxygens (including phenoxy) is 1. The Morgan fingerprint density at radius 3 is 2.28 bits per heavy atom. The summed E-state index contributed by atoms with van der Waals surface area (Å²) in [5.41, 5.74) is 1.09. The van der Waals surface area contributed by atoms with Crippen LogP contribution in [0.2, 0.25) is 18.1 Å². The fourth-order valence-corrected chi connectivity index (χ4v) is 3.02. The van der Waals surface area contributed by atoms with Crippen LogP contribution in [-0.2, 0) is 22.3 Å². The number of hydrogen-bond donors (Lipinski definition) is 1. The maximum atomic E-state index is 11.7. The fourth-order valence-electron chi connectivity index (χ4n) is 2.08. The van der Waals surface area contributed by atoms with E-state index in [1.54, 1.807) is 23.3 Å². The van der Waals surface area contributed by atoms with Gasteiger partial charge in [0.25, 0.3) is 0 Å². The summed E-state index contributed by atoms with van der Waals surface area (Å²) in [4.78, 5) is 24.8. The zero-order valence-electron chi connectivity index (χ0n) is 18.7. The van der Waals surface area contributed by atoms with Gasteiger partial charge in [0.2, 0.25) is 5.95 Å². The van der Waals surface area contributed by atoms with Gasteiger partial charge in [-0.3, -0.25) is 4.57 Å². The molecule has 0 atom stereocenters. The van der Waals surface area contributed by atoms with E-state index in [4.69, 9.17) is 9.16 Å². The lowest BCUT2D eigenvalue weighted by molar-refractivity contribution is 0.0523. The van der Waals surface area contributed by atoms with Crippen molar-refractivity contribution in [1.29, 1.82) is 0 Å². The summed E-state index contributed by atoms with van der Waals surface area (Å²) >= 11 is 0. The van der Waals surface area contributed by atoms with Crippen molar-refractivity contribution in [2.75, 3.05) is 0 Å². The Kier molecular flexibility index (Phi) is 6.84. The van der Waals surface area contributed by atoms with E-state index in [9.17, 15) is 4.79 Å². The minimum absolute atomic E-state index is 0.155. The Morgan fingerprint density at radius 1 is 1.10 bits per heavy atom. The van der Waals surface area contributed by atoms with Crippen LogP contribution in [0.15, 0.2) is 24.9 Å². The predicted octanol–water partition coefficient (Wildman–Crippen LogP) is 4.21. The van der Waals surface area contributed by atoms with Gasteiger partial charge in [-0.25, -0.2) is 19.7 Å². The molecule has 0 radical (unpaired) electrons. The third-order valence-corrected chi connectivity index (χ3v) is 9.26. The van der Waals surface area contributed by atoms with Crippen LogP contribution in [0.4, 0.5) is 4.79 Å². The molecule has 29 heavy (non-hydrogen) atoms. The number of imidazole rings is 1. The third kappa shape index (κ3) is 6.93. The molecule has 8 nitrogen and oxygen atoms in total. The fraction of sp³-hybridized carbons (Fsp3) is 0.600. The van der Waals surface area contributed by atoms with E-state index in [2.05, 4.69) is 54.1 Å². The first-order valence-electron chi connectivity index (χ1n) is 9.72. The second-order valence-electron chi connectivity index (χ2n) is 9.57. The summed E-state index contributed by atoms with van der Waals surface area (Å²) in [6.07, 6.45) is 6.43. The normalized spacial score (nSPS) is 12.7. The van der Waals surface area contributed by atoms with Crippen LogP contribution < -0.4 is 5.32 Å². The number of nitrogens with zero attached hydrogens (tertiary/aromatic N) is 4. The zero-order valence-corrected chi connectivity index (χ0v) is 19.7. The van der Waals surface area contributed by atoms with Crippen LogP contribution in [0.25, 0.3) is 5.95 Å². The summed E-state index contributed by atoms with van der Waals surface area (Å²) in [7, 11) is -1.82. The summed E-state index contributed by atoms with van der Waals surface area (Å²) in [5.74, 6) is 0.511. The first kappa shape index (κ1) is 23.0. The van der Waals surface area contributed by atoms with Crippen molar-refractivity contribution in [2.24, 2.45) is 0 Å². The second-order valence-corrected chi connectivity index (χ2v) is 14.4. The molecule has 0 bridgehead atoms. The van der Waals surface area contributed by atoms with Crippen molar-refractivity contribution in [2.45, 2.75) is 78.4 Å². The van der Waals surface area contributed by atoms with Gasteiger partial charge in [0.1, 0.15) is 11.9 Å². The van der Waals surface area contributed by atoms with E-state index in [1.165, 1.54) is 0 Å². The molecule has 0 aliphatic heterocycles. The minimum Gasteiger partial charge on any atom is -0.444 e. The van der Waals surface area contributed by atoms with Crippen molar-refractivity contribution < 1.29 is 14.0 Å². The lowest BCUT2D eigenvalue weighted by atomic mass is 10.2. The molecule has 0 aromatic carbocycles. The molecule has 0 saturated carbocycles. The number of carbonyl (C=O) groups is 1. The van der Waals surface area contributed by atoms with E-state index in [-0.39, 0.29) is 5.04 Å². The monoisotopic (exact) mass is 419 g/mol. The van der Waals surface area contributed by atoms with Gasteiger partial charge in [0.15, 0.2) is 8.32 Å². The zero-order chi connectivity index (χ0) is 21.9. The predicted molar refractivity (Wildman–Crippen MR) is 114 cm³/mol. The molecule has 0 unspecified atom stereocenters. The number of nitrogens with one attached hydrogen (secondary N) is 1. The van der Waals surface area contributed by atoms with Crippen LogP contribution >= 0.6 is 0 Å². The molecular formula is C20H33N5O3Si. The summed E-state index contributed by atoms with van der Waals surface area (Å²) in [6, 6.07) is 0. The van der Waals surface area contributed by atoms with E-state index in [1.807, 2.05) is 27.0 Å². The average molecular weight is 420 g/mol. The quantitative estimate of drug-likeness (QED) is 0.705. The Labute approximate surface area is 174 Å². The maximum absolute atomic E-state index is 11.7. The second kappa shape index (κ2) is 8.62. The highest BCUT2D eigenvalue weighted by atomic mass is 28.4. The molecule has 0 saturated heterocycles. The maximum Gasteiger partial charge on any atom is 0.407 e. The number of hydrogen-bond acceptors (Lipinski definition) is 6. The third-order valence-electron chi connectivity index (χ3n) is 4.78. The molecule has 0 aliphatic carbocycles. The van der Waals surface area contributed by atoms with Gasteiger partial charge in [0, 0.05) is 30.7 Å². The van der Waals surface area contributed by atoms with Gasteiger partial charge in [-0.15, -0.1) is 0 Å². The Hall–Kier alpha value is -2.26. The van der Waals surface area contributed by atoms with Gasteiger partial charge < -0.3 is 14.5 Å². The molecule has 1 amide bonds.